The Balaban J connectivity index is 1.95. The number of nitrogens with zero attached hydrogens (tertiary/aromatic N) is 2. The van der Waals surface area contributed by atoms with Crippen LogP contribution in [-0.4, -0.2) is 43.1 Å². The molecule has 0 fully saturated rings. The molecule has 0 bridgehead atoms. The van der Waals surface area contributed by atoms with Gasteiger partial charge in [0.25, 0.3) is 5.56 Å². The fourth-order valence-corrected chi connectivity index (χ4v) is 5.22. The van der Waals surface area contributed by atoms with Gasteiger partial charge >= 0.3 is 5.97 Å². The molecule has 2 heterocycles. The second kappa shape index (κ2) is 10.9. The maximum Gasteiger partial charge on any atom is 0.338 e. The monoisotopic (exact) mass is 524 g/mol. The Kier molecular flexibility index (Phi) is 7.68. The van der Waals surface area contributed by atoms with Crippen molar-refractivity contribution >= 4 is 23.4 Å². The van der Waals surface area contributed by atoms with Crippen LogP contribution in [0.25, 0.3) is 6.08 Å². The van der Waals surface area contributed by atoms with E-state index in [1.807, 2.05) is 6.92 Å². The highest BCUT2D eigenvalue weighted by Gasteiger charge is 2.34. The summed E-state index contributed by atoms with van der Waals surface area (Å²) in [6.07, 6.45) is 1.70. The van der Waals surface area contributed by atoms with E-state index in [2.05, 4.69) is 4.99 Å². The van der Waals surface area contributed by atoms with Crippen LogP contribution in [-0.2, 0) is 9.53 Å². The first-order valence-electron chi connectivity index (χ1n) is 11.7. The Bertz CT molecular complexity index is 1550. The molecule has 1 aromatic heterocycles. The molecule has 4 rings (SSSR count). The molecule has 0 saturated carbocycles. The number of phenols is 1. The summed E-state index contributed by atoms with van der Waals surface area (Å²) in [7, 11) is 3.00. The summed E-state index contributed by atoms with van der Waals surface area (Å²) in [4.78, 5) is 31.9. The van der Waals surface area contributed by atoms with Crippen molar-refractivity contribution in [3.05, 3.63) is 78.5 Å². The number of ether oxygens (including phenoxy) is 4. The number of hydrogen-bond donors (Lipinski definition) is 1. The van der Waals surface area contributed by atoms with Gasteiger partial charge in [0.2, 0.25) is 0 Å². The van der Waals surface area contributed by atoms with Crippen LogP contribution in [0, 0.1) is 0 Å². The number of hydrogen-bond acceptors (Lipinski definition) is 9. The first-order valence-corrected chi connectivity index (χ1v) is 12.5. The first kappa shape index (κ1) is 26.0. The molecule has 0 amide bonds. The van der Waals surface area contributed by atoms with E-state index in [4.69, 9.17) is 18.9 Å². The molecular formula is C27H28N2O7S. The van der Waals surface area contributed by atoms with E-state index in [-0.39, 0.29) is 23.5 Å². The Labute approximate surface area is 217 Å². The summed E-state index contributed by atoms with van der Waals surface area (Å²) >= 11 is 1.21. The predicted molar refractivity (Wildman–Crippen MR) is 139 cm³/mol. The number of esters is 1. The van der Waals surface area contributed by atoms with Crippen LogP contribution in [0.15, 0.2) is 57.5 Å². The zero-order valence-corrected chi connectivity index (χ0v) is 22.0. The van der Waals surface area contributed by atoms with E-state index >= 15 is 0 Å². The van der Waals surface area contributed by atoms with Gasteiger partial charge in [-0.1, -0.05) is 23.5 Å². The summed E-state index contributed by atoms with van der Waals surface area (Å²) in [5.74, 6) is 0.790. The van der Waals surface area contributed by atoms with Gasteiger partial charge in [-0.25, -0.2) is 9.79 Å². The lowest BCUT2D eigenvalue weighted by Crippen LogP contribution is -2.40. The van der Waals surface area contributed by atoms with Gasteiger partial charge in [0.15, 0.2) is 27.8 Å². The fraction of sp³-hybridized carbons (Fsp3) is 0.296. The van der Waals surface area contributed by atoms with Crippen LogP contribution in [0.3, 0.4) is 0 Å². The number of carbonyl (C=O) groups excluding carboxylic acids is 1. The second-order valence-corrected chi connectivity index (χ2v) is 9.09. The molecule has 1 N–H and O–H groups in total. The normalized spacial score (nSPS) is 15.2. The van der Waals surface area contributed by atoms with Gasteiger partial charge in [-0.05, 0) is 62.2 Å². The first-order chi connectivity index (χ1) is 17.8. The molecule has 0 radical (unpaired) electrons. The van der Waals surface area contributed by atoms with Gasteiger partial charge in [-0.3, -0.25) is 9.36 Å². The third kappa shape index (κ3) is 4.97. The quantitative estimate of drug-likeness (QED) is 0.452. The van der Waals surface area contributed by atoms with Crippen molar-refractivity contribution in [3.8, 4) is 23.0 Å². The third-order valence-electron chi connectivity index (χ3n) is 5.82. The average molecular weight is 525 g/mol. The zero-order chi connectivity index (χ0) is 26.7. The number of benzene rings is 2. The number of allylic oxidation sites excluding steroid dienone is 1. The lowest BCUT2D eigenvalue weighted by atomic mass is 9.95. The number of phenolic OH excluding ortho intramolecular Hbond substituents is 1. The summed E-state index contributed by atoms with van der Waals surface area (Å²) < 4.78 is 23.6. The van der Waals surface area contributed by atoms with Crippen molar-refractivity contribution in [1.82, 2.24) is 4.57 Å². The smallest absolute Gasteiger partial charge is 0.338 e. The summed E-state index contributed by atoms with van der Waals surface area (Å²) in [6, 6.07) is 9.35. The van der Waals surface area contributed by atoms with Crippen molar-refractivity contribution < 1.29 is 28.8 Å². The van der Waals surface area contributed by atoms with Gasteiger partial charge in [0, 0.05) is 0 Å². The number of fused-ring (bicyclic) bond motifs is 1. The van der Waals surface area contributed by atoms with Crippen LogP contribution in [0.1, 0.15) is 37.9 Å². The van der Waals surface area contributed by atoms with Gasteiger partial charge < -0.3 is 24.1 Å². The number of aromatic nitrogens is 1. The van der Waals surface area contributed by atoms with E-state index in [9.17, 15) is 14.7 Å². The number of rotatable bonds is 8. The molecule has 1 aliphatic heterocycles. The molecule has 9 nitrogen and oxygen atoms in total. The van der Waals surface area contributed by atoms with Gasteiger partial charge in [-0.2, -0.15) is 0 Å². The maximum absolute atomic E-state index is 13.8. The van der Waals surface area contributed by atoms with Crippen LogP contribution in [0.2, 0.25) is 0 Å². The molecule has 0 aliphatic carbocycles. The van der Waals surface area contributed by atoms with E-state index in [1.54, 1.807) is 57.4 Å². The highest BCUT2D eigenvalue weighted by Crippen LogP contribution is 2.36. The number of thiazole rings is 1. The highest BCUT2D eigenvalue weighted by molar-refractivity contribution is 7.07. The molecule has 1 unspecified atom stereocenters. The standard InChI is InChI=1S/C27H28N2O7S/c1-6-35-21-14-17(9-11-19(21)33-4)24-23(26(32)36-7-2)15(3)28-27-29(24)25(31)22(37-27)13-16-8-10-18(30)20(12-16)34-5/h8-14,24,30H,6-7H2,1-5H3. The Hall–Kier alpha value is -4.05. The van der Waals surface area contributed by atoms with E-state index < -0.39 is 12.0 Å². The largest absolute Gasteiger partial charge is 0.504 e. The number of carbonyl (C=O) groups is 1. The molecule has 0 saturated heterocycles. The SMILES string of the molecule is CCOC(=O)C1=C(C)N=c2sc(=Cc3ccc(O)c(OC)c3)c(=O)n2C1c1ccc(OC)c(OCC)c1. The summed E-state index contributed by atoms with van der Waals surface area (Å²) in [5.41, 5.74) is 1.75. The van der Waals surface area contributed by atoms with E-state index in [1.165, 1.54) is 29.1 Å². The molecule has 3 aromatic rings. The van der Waals surface area contributed by atoms with Crippen molar-refractivity contribution in [2.75, 3.05) is 27.4 Å². The van der Waals surface area contributed by atoms with E-state index in [0.29, 0.717) is 50.0 Å². The van der Waals surface area contributed by atoms with E-state index in [0.717, 1.165) is 0 Å². The Morgan fingerprint density at radius 1 is 1.08 bits per heavy atom. The van der Waals surface area contributed by atoms with Crippen LogP contribution in [0.5, 0.6) is 23.0 Å². The lowest BCUT2D eigenvalue weighted by molar-refractivity contribution is -0.139. The number of aromatic hydroxyl groups is 1. The predicted octanol–water partition coefficient (Wildman–Crippen LogP) is 2.92. The molecule has 1 aliphatic rings. The van der Waals surface area contributed by atoms with Gasteiger partial charge in [-0.15, -0.1) is 0 Å². The van der Waals surface area contributed by atoms with Gasteiger partial charge in [0.1, 0.15) is 0 Å². The molecular weight excluding hydrogens is 496 g/mol. The average Bonchev–Trinajstić information content (AvgIpc) is 3.18. The molecule has 10 heteroatoms. The minimum absolute atomic E-state index is 0.000390. The van der Waals surface area contributed by atoms with Crippen molar-refractivity contribution in [2.45, 2.75) is 26.8 Å². The van der Waals surface area contributed by atoms with Gasteiger partial charge in [0.05, 0.1) is 49.3 Å². The van der Waals surface area contributed by atoms with Crippen LogP contribution >= 0.6 is 11.3 Å². The summed E-state index contributed by atoms with van der Waals surface area (Å²) in [6.45, 7) is 5.92. The van der Waals surface area contributed by atoms with Crippen molar-refractivity contribution in [2.24, 2.45) is 4.99 Å². The Morgan fingerprint density at radius 3 is 2.51 bits per heavy atom. The lowest BCUT2D eigenvalue weighted by Gasteiger charge is -2.25. The zero-order valence-electron chi connectivity index (χ0n) is 21.2. The minimum Gasteiger partial charge on any atom is -0.504 e. The molecule has 1 atom stereocenters. The topological polar surface area (TPSA) is 109 Å². The highest BCUT2D eigenvalue weighted by atomic mass is 32.1. The molecule has 2 aromatic carbocycles. The van der Waals surface area contributed by atoms with Crippen LogP contribution < -0.4 is 29.1 Å². The van der Waals surface area contributed by atoms with Crippen molar-refractivity contribution in [3.63, 3.8) is 0 Å². The second-order valence-electron chi connectivity index (χ2n) is 8.08. The third-order valence-corrected chi connectivity index (χ3v) is 6.80. The molecule has 194 valence electrons. The number of methoxy groups -OCH3 is 2. The summed E-state index contributed by atoms with van der Waals surface area (Å²) in [5, 5.41) is 9.92. The maximum atomic E-state index is 13.8. The molecule has 37 heavy (non-hydrogen) atoms. The van der Waals surface area contributed by atoms with Crippen molar-refractivity contribution in [1.29, 1.82) is 0 Å². The Morgan fingerprint density at radius 2 is 1.84 bits per heavy atom. The van der Waals surface area contributed by atoms with Crippen LogP contribution in [0.4, 0.5) is 0 Å². The molecule has 0 spiro atoms. The minimum atomic E-state index is -0.781. The fourth-order valence-electron chi connectivity index (χ4n) is 4.17.